The molecule has 0 radical (unpaired) electrons. The maximum absolute atomic E-state index is 12.6. The van der Waals surface area contributed by atoms with Crippen LogP contribution in [0.5, 0.6) is 5.75 Å². The number of nitrogens with zero attached hydrogens (tertiary/aromatic N) is 1. The molecular weight excluding hydrogens is 416 g/mol. The minimum atomic E-state index is -2.88. The number of hydrogen-bond acceptors (Lipinski definition) is 4. The number of rotatable bonds is 9. The monoisotopic (exact) mass is 445 g/mol. The van der Waals surface area contributed by atoms with Gasteiger partial charge in [-0.05, 0) is 56.0 Å². The number of ether oxygens (including phenoxy) is 1. The van der Waals surface area contributed by atoms with Crippen molar-refractivity contribution in [1.29, 1.82) is 0 Å². The molecule has 1 fully saturated rings. The first kappa shape index (κ1) is 23.7. The molecule has 1 aliphatic rings. The van der Waals surface area contributed by atoms with Crippen LogP contribution in [-0.2, 0) is 16.0 Å². The molecule has 1 aliphatic heterocycles. The Balaban J connectivity index is 1.39. The molecule has 1 unspecified atom stereocenters. The standard InChI is InChI=1S/C24H29F2N3O3/c1-17(23(31)28-19-8-10-21(11-9-19)32-24(25)26)29-15-13-20(14-16-29)27-22(30)12-7-18-5-3-2-4-6-18/h2-6,8-11,17,20,24H,7,12-16H2,1H3,(H,27,30)(H,28,31). The van der Waals surface area contributed by atoms with Gasteiger partial charge in [0.1, 0.15) is 5.75 Å². The number of carbonyl (C=O) groups excluding carboxylic acids is 2. The second-order valence-electron chi connectivity index (χ2n) is 7.93. The summed E-state index contributed by atoms with van der Waals surface area (Å²) < 4.78 is 28.8. The summed E-state index contributed by atoms with van der Waals surface area (Å²) >= 11 is 0. The third-order valence-corrected chi connectivity index (χ3v) is 5.65. The number of benzene rings is 2. The van der Waals surface area contributed by atoms with Gasteiger partial charge in [0.25, 0.3) is 0 Å². The van der Waals surface area contributed by atoms with Crippen LogP contribution < -0.4 is 15.4 Å². The van der Waals surface area contributed by atoms with E-state index in [4.69, 9.17) is 0 Å². The van der Waals surface area contributed by atoms with Crippen molar-refractivity contribution in [3.8, 4) is 5.75 Å². The lowest BCUT2D eigenvalue weighted by molar-refractivity contribution is -0.123. The lowest BCUT2D eigenvalue weighted by Gasteiger charge is -2.35. The maximum atomic E-state index is 12.6. The van der Waals surface area contributed by atoms with Crippen molar-refractivity contribution in [2.75, 3.05) is 18.4 Å². The normalized spacial score (nSPS) is 15.9. The molecule has 2 N–H and O–H groups in total. The van der Waals surface area contributed by atoms with Gasteiger partial charge < -0.3 is 15.4 Å². The van der Waals surface area contributed by atoms with Crippen LogP contribution in [-0.4, -0.2) is 48.5 Å². The molecule has 0 spiro atoms. The number of hydrogen-bond donors (Lipinski definition) is 2. The Morgan fingerprint density at radius 3 is 2.34 bits per heavy atom. The van der Waals surface area contributed by atoms with Crippen molar-refractivity contribution in [2.45, 2.75) is 51.3 Å². The van der Waals surface area contributed by atoms with Crippen LogP contribution in [0, 0.1) is 0 Å². The lowest BCUT2D eigenvalue weighted by Crippen LogP contribution is -2.50. The summed E-state index contributed by atoms with van der Waals surface area (Å²) in [6.45, 7) is 0.369. The van der Waals surface area contributed by atoms with Gasteiger partial charge in [0.15, 0.2) is 0 Å². The average molecular weight is 446 g/mol. The summed E-state index contributed by atoms with van der Waals surface area (Å²) in [6.07, 6.45) is 2.75. The maximum Gasteiger partial charge on any atom is 0.387 e. The first-order chi connectivity index (χ1) is 15.4. The highest BCUT2D eigenvalue weighted by Gasteiger charge is 2.27. The molecule has 8 heteroatoms. The van der Waals surface area contributed by atoms with Crippen LogP contribution in [0.4, 0.5) is 14.5 Å². The molecule has 0 aliphatic carbocycles. The van der Waals surface area contributed by atoms with Crippen LogP contribution >= 0.6 is 0 Å². The third kappa shape index (κ3) is 7.30. The van der Waals surface area contributed by atoms with Crippen molar-refractivity contribution in [2.24, 2.45) is 0 Å². The van der Waals surface area contributed by atoms with E-state index >= 15 is 0 Å². The largest absolute Gasteiger partial charge is 0.435 e. The second-order valence-corrected chi connectivity index (χ2v) is 7.93. The molecule has 0 aromatic heterocycles. The van der Waals surface area contributed by atoms with Gasteiger partial charge in [-0.25, -0.2) is 0 Å². The van der Waals surface area contributed by atoms with Gasteiger partial charge in [0.2, 0.25) is 11.8 Å². The molecule has 6 nitrogen and oxygen atoms in total. The Labute approximate surface area is 186 Å². The van der Waals surface area contributed by atoms with E-state index in [2.05, 4.69) is 20.3 Å². The quantitative estimate of drug-likeness (QED) is 0.616. The van der Waals surface area contributed by atoms with E-state index in [1.165, 1.54) is 24.3 Å². The summed E-state index contributed by atoms with van der Waals surface area (Å²) in [7, 11) is 0. The van der Waals surface area contributed by atoms with Gasteiger partial charge in [-0.3, -0.25) is 14.5 Å². The Bertz CT molecular complexity index is 870. The number of carbonyl (C=O) groups is 2. The van der Waals surface area contributed by atoms with Crippen LogP contribution in [0.2, 0.25) is 0 Å². The Morgan fingerprint density at radius 2 is 1.72 bits per heavy atom. The first-order valence-electron chi connectivity index (χ1n) is 10.8. The number of likely N-dealkylation sites (tertiary alicyclic amines) is 1. The van der Waals surface area contributed by atoms with Gasteiger partial charge in [-0.15, -0.1) is 0 Å². The summed E-state index contributed by atoms with van der Waals surface area (Å²) in [5.74, 6) is -0.0748. The SMILES string of the molecule is CC(C(=O)Nc1ccc(OC(F)F)cc1)N1CCC(NC(=O)CCc2ccccc2)CC1. The summed E-state index contributed by atoms with van der Waals surface area (Å²) in [4.78, 5) is 26.9. The zero-order chi connectivity index (χ0) is 22.9. The van der Waals surface area contributed by atoms with Crippen LogP contribution in [0.15, 0.2) is 54.6 Å². The summed E-state index contributed by atoms with van der Waals surface area (Å²) in [5.41, 5.74) is 1.66. The highest BCUT2D eigenvalue weighted by Crippen LogP contribution is 2.19. The minimum absolute atomic E-state index is 0.0407. The number of nitrogens with one attached hydrogen (secondary N) is 2. The molecule has 172 valence electrons. The van der Waals surface area contributed by atoms with E-state index in [1.807, 2.05) is 37.3 Å². The third-order valence-electron chi connectivity index (χ3n) is 5.65. The highest BCUT2D eigenvalue weighted by molar-refractivity contribution is 5.94. The molecule has 3 rings (SSSR count). The van der Waals surface area contributed by atoms with E-state index in [0.29, 0.717) is 25.2 Å². The molecule has 1 saturated heterocycles. The lowest BCUT2D eigenvalue weighted by atomic mass is 10.0. The second kappa shape index (κ2) is 11.6. The van der Waals surface area contributed by atoms with E-state index < -0.39 is 6.61 Å². The Hall–Kier alpha value is -3.00. The molecule has 1 heterocycles. The Morgan fingerprint density at radius 1 is 1.06 bits per heavy atom. The number of halogens is 2. The Kier molecular flexibility index (Phi) is 8.56. The van der Waals surface area contributed by atoms with Gasteiger partial charge >= 0.3 is 6.61 Å². The predicted molar refractivity (Wildman–Crippen MR) is 119 cm³/mol. The molecule has 2 aromatic rings. The van der Waals surface area contributed by atoms with Gasteiger partial charge in [-0.2, -0.15) is 8.78 Å². The smallest absolute Gasteiger partial charge is 0.387 e. The van der Waals surface area contributed by atoms with E-state index in [0.717, 1.165) is 24.8 Å². The van der Waals surface area contributed by atoms with Crippen LogP contribution in [0.1, 0.15) is 31.7 Å². The summed E-state index contributed by atoms with van der Waals surface area (Å²) in [5, 5.41) is 5.91. The molecule has 0 bridgehead atoms. The fourth-order valence-electron chi connectivity index (χ4n) is 3.77. The van der Waals surface area contributed by atoms with Gasteiger partial charge in [0, 0.05) is 31.2 Å². The first-order valence-corrected chi connectivity index (χ1v) is 10.8. The van der Waals surface area contributed by atoms with Crippen molar-refractivity contribution in [3.05, 3.63) is 60.2 Å². The van der Waals surface area contributed by atoms with E-state index in [9.17, 15) is 18.4 Å². The topological polar surface area (TPSA) is 70.7 Å². The molecule has 1 atom stereocenters. The molecule has 2 amide bonds. The summed E-state index contributed by atoms with van der Waals surface area (Å²) in [6, 6.07) is 15.5. The van der Waals surface area contributed by atoms with E-state index in [-0.39, 0.29) is 29.6 Å². The van der Waals surface area contributed by atoms with Gasteiger partial charge in [-0.1, -0.05) is 30.3 Å². The number of aryl methyl sites for hydroxylation is 1. The molecule has 2 aromatic carbocycles. The zero-order valence-corrected chi connectivity index (χ0v) is 18.1. The van der Waals surface area contributed by atoms with E-state index in [1.54, 1.807) is 0 Å². The van der Waals surface area contributed by atoms with Crippen molar-refractivity contribution >= 4 is 17.5 Å². The predicted octanol–water partition coefficient (Wildman–Crippen LogP) is 3.83. The number of alkyl halides is 2. The fourth-order valence-corrected chi connectivity index (χ4v) is 3.77. The number of piperidine rings is 1. The van der Waals surface area contributed by atoms with Crippen molar-refractivity contribution in [1.82, 2.24) is 10.2 Å². The van der Waals surface area contributed by atoms with Crippen molar-refractivity contribution in [3.63, 3.8) is 0 Å². The molecule has 32 heavy (non-hydrogen) atoms. The van der Waals surface area contributed by atoms with Crippen molar-refractivity contribution < 1.29 is 23.1 Å². The van der Waals surface area contributed by atoms with Crippen LogP contribution in [0.25, 0.3) is 0 Å². The zero-order valence-electron chi connectivity index (χ0n) is 18.1. The van der Waals surface area contributed by atoms with Crippen LogP contribution in [0.3, 0.4) is 0 Å². The highest BCUT2D eigenvalue weighted by atomic mass is 19.3. The minimum Gasteiger partial charge on any atom is -0.435 e. The molecular formula is C24H29F2N3O3. The average Bonchev–Trinajstić information content (AvgIpc) is 2.79. The molecule has 0 saturated carbocycles. The van der Waals surface area contributed by atoms with Gasteiger partial charge in [0.05, 0.1) is 6.04 Å². The number of anilines is 1. The number of amides is 2. The fraction of sp³-hybridized carbons (Fsp3) is 0.417.